The molecule has 5 rings (SSSR count). The molecule has 0 atom stereocenters. The van der Waals surface area contributed by atoms with Gasteiger partial charge in [-0.1, -0.05) is 23.9 Å². The van der Waals surface area contributed by atoms with Gasteiger partial charge in [0.2, 0.25) is 16.8 Å². The molecule has 0 amide bonds. The zero-order valence-electron chi connectivity index (χ0n) is 17.0. The molecule has 0 saturated heterocycles. The van der Waals surface area contributed by atoms with Crippen molar-refractivity contribution in [3.63, 3.8) is 0 Å². The molecule has 2 aromatic carbocycles. The third-order valence-corrected chi connectivity index (χ3v) is 7.45. The van der Waals surface area contributed by atoms with Crippen LogP contribution in [0, 0.1) is 0 Å². The molecule has 3 aliphatic rings. The van der Waals surface area contributed by atoms with Gasteiger partial charge in [-0.25, -0.2) is 8.42 Å². The maximum Gasteiger partial charge on any atom is 0.232 e. The molecule has 0 spiro atoms. The predicted octanol–water partition coefficient (Wildman–Crippen LogP) is 2.72. The molecular weight excluding hydrogens is 436 g/mol. The lowest BCUT2D eigenvalue weighted by Gasteiger charge is -2.29. The Bertz CT molecular complexity index is 1190. The van der Waals surface area contributed by atoms with E-state index in [1.807, 2.05) is 30.3 Å². The van der Waals surface area contributed by atoms with E-state index in [9.17, 15) is 8.42 Å². The second-order valence-electron chi connectivity index (χ2n) is 7.55. The molecule has 1 N–H and O–H groups in total. The molecule has 0 unspecified atom stereocenters. The van der Waals surface area contributed by atoms with Gasteiger partial charge in [-0.3, -0.25) is 14.7 Å². The van der Waals surface area contributed by atoms with Crippen molar-refractivity contribution in [3.8, 4) is 11.5 Å². The number of aliphatic imine (C=N–C) groups is 1. The summed E-state index contributed by atoms with van der Waals surface area (Å²) in [6.45, 7) is 1.32. The average molecular weight is 459 g/mol. The minimum atomic E-state index is -3.26. The first-order chi connectivity index (χ1) is 15.0. The van der Waals surface area contributed by atoms with Gasteiger partial charge >= 0.3 is 0 Å². The van der Waals surface area contributed by atoms with Crippen molar-refractivity contribution in [2.24, 2.45) is 10.1 Å². The predicted molar refractivity (Wildman–Crippen MR) is 123 cm³/mol. The van der Waals surface area contributed by atoms with Crippen molar-refractivity contribution in [2.75, 3.05) is 29.7 Å². The van der Waals surface area contributed by atoms with E-state index in [0.717, 1.165) is 57.6 Å². The third kappa shape index (κ3) is 4.22. The van der Waals surface area contributed by atoms with Crippen molar-refractivity contribution in [1.82, 2.24) is 5.43 Å². The molecular formula is C21H22N4O4S2. The van der Waals surface area contributed by atoms with Gasteiger partial charge in [-0.05, 0) is 53.8 Å². The highest BCUT2D eigenvalue weighted by molar-refractivity contribution is 8.14. The first-order valence-corrected chi connectivity index (χ1v) is 12.8. The highest BCUT2D eigenvalue weighted by Gasteiger charge is 2.25. The summed E-state index contributed by atoms with van der Waals surface area (Å²) in [6, 6.07) is 11.7. The van der Waals surface area contributed by atoms with Crippen LogP contribution in [-0.2, 0) is 23.0 Å². The van der Waals surface area contributed by atoms with Gasteiger partial charge in [0.15, 0.2) is 16.7 Å². The number of thioether (sulfide) groups is 1. The van der Waals surface area contributed by atoms with Crippen LogP contribution in [0.3, 0.4) is 0 Å². The van der Waals surface area contributed by atoms with Crippen LogP contribution in [0.15, 0.2) is 46.5 Å². The largest absolute Gasteiger partial charge is 0.454 e. The summed E-state index contributed by atoms with van der Waals surface area (Å²) in [7, 11) is -3.26. The number of hydrazone groups is 1. The number of rotatable bonds is 4. The number of ether oxygens (including phenoxy) is 2. The summed E-state index contributed by atoms with van der Waals surface area (Å²) < 4.78 is 36.3. The van der Waals surface area contributed by atoms with Crippen LogP contribution < -0.4 is 19.2 Å². The normalized spacial score (nSPS) is 19.1. The van der Waals surface area contributed by atoms with Gasteiger partial charge in [-0.15, -0.1) is 0 Å². The molecule has 0 bridgehead atoms. The highest BCUT2D eigenvalue weighted by Crippen LogP contribution is 2.33. The second kappa shape index (κ2) is 8.08. The van der Waals surface area contributed by atoms with E-state index in [1.165, 1.54) is 10.6 Å². The van der Waals surface area contributed by atoms with Crippen molar-refractivity contribution in [3.05, 3.63) is 53.1 Å². The highest BCUT2D eigenvalue weighted by atomic mass is 32.2. The average Bonchev–Trinajstić information content (AvgIpc) is 3.24. The molecule has 0 aromatic heterocycles. The van der Waals surface area contributed by atoms with Gasteiger partial charge in [0.1, 0.15) is 0 Å². The number of amidine groups is 1. The van der Waals surface area contributed by atoms with Gasteiger partial charge in [0.25, 0.3) is 0 Å². The number of hydrogen-bond acceptors (Lipinski definition) is 7. The van der Waals surface area contributed by atoms with Crippen molar-refractivity contribution >= 4 is 38.4 Å². The van der Waals surface area contributed by atoms with E-state index in [4.69, 9.17) is 9.47 Å². The van der Waals surface area contributed by atoms with E-state index in [1.54, 1.807) is 11.8 Å². The minimum absolute atomic E-state index is 0.261. The Kier molecular flexibility index (Phi) is 5.27. The van der Waals surface area contributed by atoms with Gasteiger partial charge < -0.3 is 9.47 Å². The van der Waals surface area contributed by atoms with E-state index in [2.05, 4.69) is 21.6 Å². The van der Waals surface area contributed by atoms with Crippen LogP contribution in [0.1, 0.15) is 23.1 Å². The first kappa shape index (κ1) is 20.2. The maximum absolute atomic E-state index is 12.1. The Morgan fingerprint density at radius 3 is 2.87 bits per heavy atom. The Labute approximate surface area is 185 Å². The van der Waals surface area contributed by atoms with Crippen molar-refractivity contribution in [2.45, 2.75) is 19.4 Å². The Hall–Kier alpha value is -2.72. The zero-order valence-corrected chi connectivity index (χ0v) is 18.6. The van der Waals surface area contributed by atoms with Gasteiger partial charge in [0, 0.05) is 12.3 Å². The second-order valence-corrected chi connectivity index (χ2v) is 10.4. The fraction of sp³-hybridized carbons (Fsp3) is 0.333. The molecule has 3 heterocycles. The summed E-state index contributed by atoms with van der Waals surface area (Å²) in [6.07, 6.45) is 2.94. The molecule has 2 aromatic rings. The number of hydrogen-bond donors (Lipinski definition) is 1. The van der Waals surface area contributed by atoms with E-state index < -0.39 is 10.0 Å². The maximum atomic E-state index is 12.1. The molecule has 162 valence electrons. The number of benzene rings is 2. The SMILES string of the molecule is CS(=O)(=O)N1CCCc2cc(C3=NNC(=NCc4ccc5c(c4)OCO5)SC3)ccc21. The molecule has 31 heavy (non-hydrogen) atoms. The summed E-state index contributed by atoms with van der Waals surface area (Å²) in [5.74, 6) is 2.21. The van der Waals surface area contributed by atoms with Crippen molar-refractivity contribution < 1.29 is 17.9 Å². The van der Waals surface area contributed by atoms with Crippen LogP contribution in [0.25, 0.3) is 0 Å². The van der Waals surface area contributed by atoms with Crippen LogP contribution in [-0.4, -0.2) is 44.6 Å². The first-order valence-electron chi connectivity index (χ1n) is 9.97. The smallest absolute Gasteiger partial charge is 0.232 e. The Balaban J connectivity index is 1.28. The standard InChI is InChI=1S/C21H22N4O4S2/c1-31(26,27)25-8-2-3-16-10-15(5-6-18(16)25)17-12-30-21(24-23-17)22-11-14-4-7-19-20(9-14)29-13-28-19/h4-7,9-10H,2-3,8,11-13H2,1H3,(H,22,24). The van der Waals surface area contributed by atoms with E-state index >= 15 is 0 Å². The zero-order chi connectivity index (χ0) is 21.4. The lowest BCUT2D eigenvalue weighted by Crippen LogP contribution is -2.34. The van der Waals surface area contributed by atoms with E-state index in [-0.39, 0.29) is 6.79 Å². The monoisotopic (exact) mass is 458 g/mol. The molecule has 0 saturated carbocycles. The van der Waals surface area contributed by atoms with Crippen LogP contribution in [0.4, 0.5) is 5.69 Å². The van der Waals surface area contributed by atoms with Crippen LogP contribution in [0.2, 0.25) is 0 Å². The van der Waals surface area contributed by atoms with Gasteiger partial charge in [-0.2, -0.15) is 5.10 Å². The molecule has 3 aliphatic heterocycles. The lowest BCUT2D eigenvalue weighted by atomic mass is 9.99. The fourth-order valence-electron chi connectivity index (χ4n) is 3.83. The Morgan fingerprint density at radius 2 is 2.06 bits per heavy atom. The number of sulfonamides is 1. The summed E-state index contributed by atoms with van der Waals surface area (Å²) >= 11 is 1.60. The topological polar surface area (TPSA) is 92.6 Å². The summed E-state index contributed by atoms with van der Waals surface area (Å²) in [5, 5.41) is 5.27. The summed E-state index contributed by atoms with van der Waals surface area (Å²) in [5.41, 5.74) is 7.83. The Morgan fingerprint density at radius 1 is 1.19 bits per heavy atom. The fourth-order valence-corrected chi connectivity index (χ4v) is 5.60. The molecule has 10 heteroatoms. The number of fused-ring (bicyclic) bond motifs is 2. The minimum Gasteiger partial charge on any atom is -0.454 e. The summed E-state index contributed by atoms with van der Waals surface area (Å²) in [4.78, 5) is 4.61. The molecule has 0 radical (unpaired) electrons. The number of nitrogens with one attached hydrogen (secondary N) is 1. The number of anilines is 1. The van der Waals surface area contributed by atoms with Crippen molar-refractivity contribution in [1.29, 1.82) is 0 Å². The molecule has 0 fully saturated rings. The van der Waals surface area contributed by atoms with E-state index in [0.29, 0.717) is 18.8 Å². The number of aryl methyl sites for hydroxylation is 1. The quantitative estimate of drug-likeness (QED) is 0.757. The van der Waals surface area contributed by atoms with Crippen LogP contribution in [0.5, 0.6) is 11.5 Å². The molecule has 8 nitrogen and oxygen atoms in total. The van der Waals surface area contributed by atoms with Crippen LogP contribution >= 0.6 is 11.8 Å². The lowest BCUT2D eigenvalue weighted by molar-refractivity contribution is 0.174. The van der Waals surface area contributed by atoms with Gasteiger partial charge in [0.05, 0.1) is 24.2 Å². The number of nitrogens with zero attached hydrogens (tertiary/aromatic N) is 3. The third-order valence-electron chi connectivity index (χ3n) is 5.36. The molecule has 0 aliphatic carbocycles.